The van der Waals surface area contributed by atoms with Crippen molar-refractivity contribution in [2.75, 3.05) is 39.3 Å². The van der Waals surface area contributed by atoms with Gasteiger partial charge in [0.05, 0.1) is 0 Å². The third-order valence-electron chi connectivity index (χ3n) is 4.29. The molecule has 1 aromatic rings. The fourth-order valence-corrected chi connectivity index (χ4v) is 3.20. The van der Waals surface area contributed by atoms with Gasteiger partial charge in [0, 0.05) is 50.5 Å². The van der Waals surface area contributed by atoms with Gasteiger partial charge in [0.15, 0.2) is 5.78 Å². The highest BCUT2D eigenvalue weighted by atomic mass is 16.2. The van der Waals surface area contributed by atoms with Crippen LogP contribution in [0, 0.1) is 6.92 Å². The molecule has 0 bridgehead atoms. The number of aryl methyl sites for hydroxylation is 1. The summed E-state index contributed by atoms with van der Waals surface area (Å²) >= 11 is 0. The average molecular weight is 320 g/mol. The summed E-state index contributed by atoms with van der Waals surface area (Å²) in [4.78, 5) is 29.8. The van der Waals surface area contributed by atoms with E-state index in [-0.39, 0.29) is 11.7 Å². The van der Waals surface area contributed by atoms with E-state index in [0.29, 0.717) is 17.8 Å². The Balaban J connectivity index is 2.00. The number of nitrogens with zero attached hydrogens (tertiary/aromatic N) is 1. The lowest BCUT2D eigenvalue weighted by Crippen LogP contribution is -2.46. The van der Waals surface area contributed by atoms with Gasteiger partial charge >= 0.3 is 0 Å². The van der Waals surface area contributed by atoms with Crippen molar-refractivity contribution in [3.05, 3.63) is 22.5 Å². The van der Waals surface area contributed by atoms with Crippen LogP contribution in [0.25, 0.3) is 0 Å². The monoisotopic (exact) mass is 320 g/mol. The Kier molecular flexibility index (Phi) is 6.36. The molecule has 1 saturated heterocycles. The number of aromatic nitrogens is 1. The second-order valence-corrected chi connectivity index (χ2v) is 6.13. The molecule has 2 rings (SSSR count). The number of piperazine rings is 1. The molecule has 0 radical (unpaired) electrons. The zero-order chi connectivity index (χ0) is 16.8. The number of ketones is 1. The van der Waals surface area contributed by atoms with Crippen LogP contribution in [0.4, 0.5) is 0 Å². The van der Waals surface area contributed by atoms with Gasteiger partial charge in [0.2, 0.25) is 0 Å². The number of hydrogen-bond donors (Lipinski definition) is 3. The van der Waals surface area contributed by atoms with E-state index in [1.807, 2.05) is 6.92 Å². The Morgan fingerprint density at radius 3 is 2.57 bits per heavy atom. The van der Waals surface area contributed by atoms with Crippen LogP contribution in [0.1, 0.15) is 52.4 Å². The number of carbonyl (C=O) groups excluding carboxylic acids is 2. The van der Waals surface area contributed by atoms with Crippen LogP contribution in [-0.4, -0.2) is 60.8 Å². The van der Waals surface area contributed by atoms with Gasteiger partial charge in [0.1, 0.15) is 5.69 Å². The summed E-state index contributed by atoms with van der Waals surface area (Å²) in [6, 6.07) is 0. The highest BCUT2D eigenvalue weighted by molar-refractivity contribution is 6.02. The number of aromatic amines is 1. The summed E-state index contributed by atoms with van der Waals surface area (Å²) in [5, 5.41) is 6.30. The van der Waals surface area contributed by atoms with Crippen molar-refractivity contribution in [3.63, 3.8) is 0 Å². The van der Waals surface area contributed by atoms with E-state index in [4.69, 9.17) is 0 Å². The Labute approximate surface area is 138 Å². The van der Waals surface area contributed by atoms with E-state index in [2.05, 4.69) is 27.4 Å². The van der Waals surface area contributed by atoms with Gasteiger partial charge in [-0.2, -0.15) is 0 Å². The van der Waals surface area contributed by atoms with Crippen LogP contribution in [0.2, 0.25) is 0 Å². The SMILES string of the molecule is CCCc1c(C(=O)NCCN2CCNCC2)[nH]c(C)c1C(C)=O. The first-order valence-corrected chi connectivity index (χ1v) is 8.48. The molecular formula is C17H28N4O2. The minimum atomic E-state index is -0.112. The van der Waals surface area contributed by atoms with E-state index < -0.39 is 0 Å². The van der Waals surface area contributed by atoms with Gasteiger partial charge in [-0.1, -0.05) is 13.3 Å². The average Bonchev–Trinajstić information content (AvgIpc) is 2.85. The van der Waals surface area contributed by atoms with E-state index >= 15 is 0 Å². The predicted molar refractivity (Wildman–Crippen MR) is 91.2 cm³/mol. The lowest BCUT2D eigenvalue weighted by atomic mass is 10.0. The fraction of sp³-hybridized carbons (Fsp3) is 0.647. The molecule has 1 fully saturated rings. The first-order valence-electron chi connectivity index (χ1n) is 8.48. The maximum atomic E-state index is 12.5. The Morgan fingerprint density at radius 2 is 1.96 bits per heavy atom. The van der Waals surface area contributed by atoms with Crippen molar-refractivity contribution in [1.29, 1.82) is 0 Å². The summed E-state index contributed by atoms with van der Waals surface area (Å²) in [6.45, 7) is 11.0. The molecule has 1 amide bonds. The number of carbonyl (C=O) groups is 2. The number of hydrogen-bond acceptors (Lipinski definition) is 4. The second-order valence-electron chi connectivity index (χ2n) is 6.13. The lowest BCUT2D eigenvalue weighted by molar-refractivity contribution is 0.0941. The standard InChI is InChI=1S/C17H28N4O2/c1-4-5-14-15(13(3)22)12(2)20-16(14)17(23)19-8-11-21-9-6-18-7-10-21/h18,20H,4-11H2,1-3H3,(H,19,23). The van der Waals surface area contributed by atoms with Gasteiger partial charge < -0.3 is 15.6 Å². The third-order valence-corrected chi connectivity index (χ3v) is 4.29. The minimum absolute atomic E-state index is 0.0158. The van der Waals surface area contributed by atoms with Crippen molar-refractivity contribution in [2.45, 2.75) is 33.6 Å². The van der Waals surface area contributed by atoms with Crippen molar-refractivity contribution >= 4 is 11.7 Å². The number of H-pyrrole nitrogens is 1. The number of rotatable bonds is 7. The van der Waals surface area contributed by atoms with Crippen molar-refractivity contribution in [2.24, 2.45) is 0 Å². The van der Waals surface area contributed by atoms with Gasteiger partial charge in [0.25, 0.3) is 5.91 Å². The Morgan fingerprint density at radius 1 is 1.26 bits per heavy atom. The molecule has 0 spiro atoms. The van der Waals surface area contributed by atoms with Gasteiger partial charge in [-0.3, -0.25) is 14.5 Å². The van der Waals surface area contributed by atoms with Gasteiger partial charge in [-0.25, -0.2) is 0 Å². The van der Waals surface area contributed by atoms with Crippen LogP contribution in [0.5, 0.6) is 0 Å². The fourth-order valence-electron chi connectivity index (χ4n) is 3.20. The molecule has 3 N–H and O–H groups in total. The molecular weight excluding hydrogens is 292 g/mol. The van der Waals surface area contributed by atoms with E-state index in [1.54, 1.807) is 6.92 Å². The largest absolute Gasteiger partial charge is 0.354 e. The minimum Gasteiger partial charge on any atom is -0.354 e. The molecule has 2 heterocycles. The van der Waals surface area contributed by atoms with Crippen LogP contribution >= 0.6 is 0 Å². The highest BCUT2D eigenvalue weighted by Gasteiger charge is 2.22. The number of amides is 1. The molecule has 23 heavy (non-hydrogen) atoms. The van der Waals surface area contributed by atoms with Crippen LogP contribution in [0.3, 0.4) is 0 Å². The Hall–Kier alpha value is -1.66. The van der Waals surface area contributed by atoms with Gasteiger partial charge in [-0.15, -0.1) is 0 Å². The molecule has 0 saturated carbocycles. The molecule has 6 nitrogen and oxygen atoms in total. The van der Waals surface area contributed by atoms with Crippen molar-refractivity contribution in [1.82, 2.24) is 20.5 Å². The van der Waals surface area contributed by atoms with Crippen molar-refractivity contribution in [3.8, 4) is 0 Å². The third kappa shape index (κ3) is 4.42. The molecule has 0 unspecified atom stereocenters. The highest BCUT2D eigenvalue weighted by Crippen LogP contribution is 2.21. The molecule has 128 valence electrons. The van der Waals surface area contributed by atoms with E-state index in [1.165, 1.54) is 0 Å². The van der Waals surface area contributed by atoms with E-state index in [9.17, 15) is 9.59 Å². The molecule has 0 aromatic carbocycles. The maximum Gasteiger partial charge on any atom is 0.268 e. The normalized spacial score (nSPS) is 15.6. The topological polar surface area (TPSA) is 77.2 Å². The summed E-state index contributed by atoms with van der Waals surface area (Å²) < 4.78 is 0. The summed E-state index contributed by atoms with van der Waals surface area (Å²) in [5.74, 6) is -0.0961. The lowest BCUT2D eigenvalue weighted by Gasteiger charge is -2.27. The van der Waals surface area contributed by atoms with Gasteiger partial charge in [-0.05, 0) is 25.8 Å². The van der Waals surface area contributed by atoms with E-state index in [0.717, 1.165) is 56.8 Å². The van der Waals surface area contributed by atoms with Crippen LogP contribution < -0.4 is 10.6 Å². The molecule has 6 heteroatoms. The molecule has 0 aliphatic carbocycles. The molecule has 1 aliphatic rings. The summed E-state index contributed by atoms with van der Waals surface area (Å²) in [7, 11) is 0. The molecule has 0 atom stereocenters. The second kappa shape index (κ2) is 8.26. The predicted octanol–water partition coefficient (Wildman–Crippen LogP) is 1.11. The maximum absolute atomic E-state index is 12.5. The zero-order valence-corrected chi connectivity index (χ0v) is 14.4. The smallest absolute Gasteiger partial charge is 0.268 e. The summed E-state index contributed by atoms with van der Waals surface area (Å²) in [6.07, 6.45) is 1.64. The summed E-state index contributed by atoms with van der Waals surface area (Å²) in [5.41, 5.74) is 2.87. The number of nitrogens with one attached hydrogen (secondary N) is 3. The first-order chi connectivity index (χ1) is 11.0. The molecule has 1 aromatic heterocycles. The van der Waals surface area contributed by atoms with Crippen LogP contribution in [0.15, 0.2) is 0 Å². The van der Waals surface area contributed by atoms with Crippen LogP contribution in [-0.2, 0) is 6.42 Å². The first kappa shape index (κ1) is 17.7. The number of Topliss-reactive ketones (excluding diaryl/α,β-unsaturated/α-hetero) is 1. The molecule has 1 aliphatic heterocycles. The van der Waals surface area contributed by atoms with Crippen molar-refractivity contribution < 1.29 is 9.59 Å². The zero-order valence-electron chi connectivity index (χ0n) is 14.4. The Bertz CT molecular complexity index is 559. The quantitative estimate of drug-likeness (QED) is 0.658.